The lowest BCUT2D eigenvalue weighted by atomic mass is 10.1. The number of rotatable bonds is 4. The van der Waals surface area contributed by atoms with Crippen molar-refractivity contribution in [1.29, 1.82) is 0 Å². The van der Waals surface area contributed by atoms with Gasteiger partial charge in [-0.25, -0.2) is 4.79 Å². The second-order valence-corrected chi connectivity index (χ2v) is 6.20. The first-order valence-corrected chi connectivity index (χ1v) is 8.54. The molecule has 134 valence electrons. The van der Waals surface area contributed by atoms with E-state index in [1.165, 1.54) is 6.07 Å². The molecule has 0 saturated heterocycles. The van der Waals surface area contributed by atoms with Gasteiger partial charge in [0.1, 0.15) is 11.1 Å². The first kappa shape index (κ1) is 16.8. The van der Waals surface area contributed by atoms with Gasteiger partial charge in [0.2, 0.25) is 0 Å². The maximum atomic E-state index is 12.3. The Morgan fingerprint density at radius 3 is 2.56 bits per heavy atom. The van der Waals surface area contributed by atoms with Gasteiger partial charge in [0, 0.05) is 23.0 Å². The summed E-state index contributed by atoms with van der Waals surface area (Å²) in [6.07, 6.45) is 0.352. The summed E-state index contributed by atoms with van der Waals surface area (Å²) in [6.45, 7) is 0.229. The van der Waals surface area contributed by atoms with E-state index in [2.05, 4.69) is 10.3 Å². The number of carbonyl (C=O) groups excluding carboxylic acids is 1. The van der Waals surface area contributed by atoms with E-state index in [0.717, 1.165) is 10.9 Å². The van der Waals surface area contributed by atoms with Crippen LogP contribution in [0.1, 0.15) is 15.9 Å². The van der Waals surface area contributed by atoms with E-state index in [9.17, 15) is 14.4 Å². The van der Waals surface area contributed by atoms with Crippen LogP contribution < -0.4 is 16.5 Å². The Morgan fingerprint density at radius 1 is 0.963 bits per heavy atom. The molecular weight excluding hydrogens is 344 g/mol. The zero-order chi connectivity index (χ0) is 18.8. The Labute approximate surface area is 153 Å². The zero-order valence-corrected chi connectivity index (χ0v) is 14.3. The molecule has 0 atom stereocenters. The lowest BCUT2D eigenvalue weighted by Gasteiger charge is -2.06. The van der Waals surface area contributed by atoms with Gasteiger partial charge < -0.3 is 14.7 Å². The molecule has 1 amide bonds. The summed E-state index contributed by atoms with van der Waals surface area (Å²) in [7, 11) is 0. The van der Waals surface area contributed by atoms with Crippen LogP contribution in [0.25, 0.3) is 21.9 Å². The van der Waals surface area contributed by atoms with Crippen LogP contribution in [0.5, 0.6) is 0 Å². The first-order valence-electron chi connectivity index (χ1n) is 8.54. The molecule has 0 aliphatic carbocycles. The predicted molar refractivity (Wildman–Crippen MR) is 103 cm³/mol. The number of pyridine rings is 1. The number of hydrogen-bond donors (Lipinski definition) is 2. The van der Waals surface area contributed by atoms with Crippen LogP contribution >= 0.6 is 0 Å². The third kappa shape index (κ3) is 3.37. The molecule has 0 bridgehead atoms. The lowest BCUT2D eigenvalue weighted by Crippen LogP contribution is -2.30. The molecule has 27 heavy (non-hydrogen) atoms. The molecule has 0 aliphatic rings. The van der Waals surface area contributed by atoms with Crippen molar-refractivity contribution in [3.63, 3.8) is 0 Å². The Bertz CT molecular complexity index is 1270. The highest BCUT2D eigenvalue weighted by Crippen LogP contribution is 2.13. The summed E-state index contributed by atoms with van der Waals surface area (Å²) in [5.41, 5.74) is 0.842. The molecule has 4 aromatic rings. The molecule has 6 nitrogen and oxygen atoms in total. The molecular formula is C21H16N2O4. The molecule has 0 radical (unpaired) electrons. The highest BCUT2D eigenvalue weighted by atomic mass is 16.4. The van der Waals surface area contributed by atoms with Crippen molar-refractivity contribution in [2.75, 3.05) is 6.54 Å². The predicted octanol–water partition coefficient (Wildman–Crippen LogP) is 2.61. The highest BCUT2D eigenvalue weighted by molar-refractivity contribution is 5.96. The number of amides is 1. The van der Waals surface area contributed by atoms with Crippen molar-refractivity contribution >= 4 is 27.8 Å². The van der Waals surface area contributed by atoms with E-state index in [1.54, 1.807) is 24.3 Å². The third-order valence-electron chi connectivity index (χ3n) is 4.40. The smallest absolute Gasteiger partial charge is 0.349 e. The van der Waals surface area contributed by atoms with E-state index in [4.69, 9.17) is 4.42 Å². The Kier molecular flexibility index (Phi) is 4.30. The van der Waals surface area contributed by atoms with E-state index < -0.39 is 11.5 Å². The van der Waals surface area contributed by atoms with Gasteiger partial charge in [-0.05, 0) is 36.1 Å². The third-order valence-corrected chi connectivity index (χ3v) is 4.40. The van der Waals surface area contributed by atoms with Gasteiger partial charge in [0.15, 0.2) is 0 Å². The van der Waals surface area contributed by atoms with Crippen LogP contribution in [0.15, 0.2) is 74.7 Å². The highest BCUT2D eigenvalue weighted by Gasteiger charge is 2.13. The average molecular weight is 360 g/mol. The van der Waals surface area contributed by atoms with Crippen molar-refractivity contribution in [2.24, 2.45) is 0 Å². The molecule has 0 saturated carbocycles. The largest absolute Gasteiger partial charge is 0.422 e. The number of para-hydroxylation sites is 2. The number of nitrogens with one attached hydrogen (secondary N) is 2. The topological polar surface area (TPSA) is 92.2 Å². The Balaban J connectivity index is 1.50. The SMILES string of the molecule is O=C(NCCc1cc2ccccc2[nH]c1=O)c1cc2ccccc2oc1=O. The van der Waals surface area contributed by atoms with E-state index in [1.807, 2.05) is 30.3 Å². The molecule has 2 heterocycles. The maximum Gasteiger partial charge on any atom is 0.349 e. The normalized spacial score (nSPS) is 11.0. The monoisotopic (exact) mass is 360 g/mol. The molecule has 0 fully saturated rings. The number of carbonyl (C=O) groups is 1. The summed E-state index contributed by atoms with van der Waals surface area (Å²) in [5, 5.41) is 4.28. The maximum absolute atomic E-state index is 12.3. The van der Waals surface area contributed by atoms with Crippen molar-refractivity contribution in [3.8, 4) is 0 Å². The molecule has 2 N–H and O–H groups in total. The minimum atomic E-state index is -0.685. The van der Waals surface area contributed by atoms with E-state index in [-0.39, 0.29) is 17.7 Å². The van der Waals surface area contributed by atoms with Crippen LogP contribution in [0, 0.1) is 0 Å². The molecule has 2 aromatic heterocycles. The van der Waals surface area contributed by atoms with Crippen molar-refractivity contribution in [1.82, 2.24) is 10.3 Å². The van der Waals surface area contributed by atoms with Gasteiger partial charge in [-0.15, -0.1) is 0 Å². The van der Waals surface area contributed by atoms with Crippen LogP contribution in [0.4, 0.5) is 0 Å². The number of hydrogen-bond acceptors (Lipinski definition) is 4. The number of H-pyrrole nitrogens is 1. The molecule has 6 heteroatoms. The molecule has 4 rings (SSSR count). The number of fused-ring (bicyclic) bond motifs is 2. The van der Waals surface area contributed by atoms with Crippen LogP contribution in [-0.2, 0) is 6.42 Å². The summed E-state index contributed by atoms with van der Waals surface area (Å²) in [6, 6.07) is 17.8. The summed E-state index contributed by atoms with van der Waals surface area (Å²) in [4.78, 5) is 39.3. The van der Waals surface area contributed by atoms with Crippen molar-refractivity contribution in [3.05, 3.63) is 92.6 Å². The molecule has 0 aliphatic heterocycles. The number of benzene rings is 2. The van der Waals surface area contributed by atoms with E-state index in [0.29, 0.717) is 23.0 Å². The quantitative estimate of drug-likeness (QED) is 0.547. The number of aromatic amines is 1. The summed E-state index contributed by atoms with van der Waals surface area (Å²) < 4.78 is 5.17. The fourth-order valence-electron chi connectivity index (χ4n) is 3.00. The van der Waals surface area contributed by atoms with Gasteiger partial charge in [-0.2, -0.15) is 0 Å². The minimum absolute atomic E-state index is 0.0545. The van der Waals surface area contributed by atoms with Gasteiger partial charge in [0.05, 0.1) is 0 Å². The van der Waals surface area contributed by atoms with E-state index >= 15 is 0 Å². The van der Waals surface area contributed by atoms with Crippen LogP contribution in [0.3, 0.4) is 0 Å². The molecule has 0 unspecified atom stereocenters. The molecule has 2 aromatic carbocycles. The summed E-state index contributed by atoms with van der Waals surface area (Å²) in [5.74, 6) is -0.522. The first-order chi connectivity index (χ1) is 13.1. The Hall–Kier alpha value is -3.67. The van der Waals surface area contributed by atoms with Crippen LogP contribution in [-0.4, -0.2) is 17.4 Å². The fraction of sp³-hybridized carbons (Fsp3) is 0.0952. The van der Waals surface area contributed by atoms with Gasteiger partial charge in [-0.3, -0.25) is 9.59 Å². The standard InChI is InChI=1S/C21H16N2O4/c24-19-15(11-13-5-1-3-7-17(13)23-19)9-10-22-20(25)16-12-14-6-2-4-8-18(14)27-21(16)26/h1-8,11-12H,9-10H2,(H,22,25)(H,23,24). The van der Waals surface area contributed by atoms with Crippen LogP contribution in [0.2, 0.25) is 0 Å². The number of aromatic nitrogens is 1. The van der Waals surface area contributed by atoms with Gasteiger partial charge in [0.25, 0.3) is 11.5 Å². The van der Waals surface area contributed by atoms with Crippen molar-refractivity contribution < 1.29 is 9.21 Å². The summed E-state index contributed by atoms with van der Waals surface area (Å²) >= 11 is 0. The van der Waals surface area contributed by atoms with Crippen molar-refractivity contribution in [2.45, 2.75) is 6.42 Å². The average Bonchev–Trinajstić information content (AvgIpc) is 2.67. The Morgan fingerprint density at radius 2 is 1.70 bits per heavy atom. The van der Waals surface area contributed by atoms with Gasteiger partial charge >= 0.3 is 5.63 Å². The second kappa shape index (κ2) is 6.92. The zero-order valence-electron chi connectivity index (χ0n) is 14.3. The second-order valence-electron chi connectivity index (χ2n) is 6.20. The lowest BCUT2D eigenvalue weighted by molar-refractivity contribution is 0.0950. The molecule has 0 spiro atoms. The fourth-order valence-corrected chi connectivity index (χ4v) is 3.00. The van der Waals surface area contributed by atoms with Gasteiger partial charge in [-0.1, -0.05) is 36.4 Å². The minimum Gasteiger partial charge on any atom is -0.422 e.